The van der Waals surface area contributed by atoms with Crippen molar-refractivity contribution in [3.8, 4) is 0 Å². The van der Waals surface area contributed by atoms with E-state index in [1.807, 2.05) is 0 Å². The summed E-state index contributed by atoms with van der Waals surface area (Å²) in [6.07, 6.45) is 3.08. The highest BCUT2D eigenvalue weighted by Crippen LogP contribution is 1.97. The fourth-order valence-electron chi connectivity index (χ4n) is 2.77. The second-order valence-corrected chi connectivity index (χ2v) is 8.05. The largest absolute Gasteiger partial charge is 0.390 e. The summed E-state index contributed by atoms with van der Waals surface area (Å²) in [6, 6.07) is 0. The molecule has 0 aromatic carbocycles. The van der Waals surface area contributed by atoms with Crippen LogP contribution in [-0.4, -0.2) is 144 Å². The van der Waals surface area contributed by atoms with Gasteiger partial charge in [-0.3, -0.25) is 0 Å². The van der Waals surface area contributed by atoms with Gasteiger partial charge in [-0.15, -0.1) is 0 Å². The van der Waals surface area contributed by atoms with Crippen molar-refractivity contribution in [1.82, 2.24) is 5.32 Å². The molecule has 0 atom stereocenters. The van der Waals surface area contributed by atoms with E-state index in [1.165, 1.54) is 0 Å². The van der Waals surface area contributed by atoms with Crippen molar-refractivity contribution in [2.75, 3.05) is 139 Å². The molecule has 0 aliphatic rings. The monoisotopic (exact) mass is 554 g/mol. The second-order valence-electron chi connectivity index (χ2n) is 8.05. The van der Waals surface area contributed by atoms with Crippen LogP contribution in [0.1, 0.15) is 19.3 Å². The van der Waals surface area contributed by atoms with Gasteiger partial charge in [-0.1, -0.05) is 6.58 Å². The molecule has 12 nitrogen and oxygen atoms in total. The quantitative estimate of drug-likeness (QED) is 0.0946. The van der Waals surface area contributed by atoms with Gasteiger partial charge in [0.2, 0.25) is 0 Å². The highest BCUT2D eigenvalue weighted by Gasteiger charge is 1.96. The van der Waals surface area contributed by atoms with Crippen LogP contribution in [-0.2, 0) is 42.6 Å². The summed E-state index contributed by atoms with van der Waals surface area (Å²) in [7, 11) is 0. The van der Waals surface area contributed by atoms with Gasteiger partial charge in [0.1, 0.15) is 0 Å². The first-order chi connectivity index (χ1) is 18.8. The third-order valence-electron chi connectivity index (χ3n) is 4.76. The van der Waals surface area contributed by atoms with Crippen LogP contribution >= 0.6 is 0 Å². The number of nitrogens with one attached hydrogen (secondary N) is 1. The number of ether oxygens (including phenoxy) is 9. The molecule has 0 saturated carbocycles. The smallest absolute Gasteiger partial charge is 0.0821 e. The standard InChI is InChI=1S/C26H54N2O10/c1-26(25-29)28-6-10-33-14-18-34-15-11-30-7-3-2-4-8-31-12-16-35-19-21-37-23-24-38-22-20-36-17-13-32-9-5-27/h28-29H,1-25,27H2. The summed E-state index contributed by atoms with van der Waals surface area (Å²) in [5.74, 6) is 0. The average Bonchev–Trinajstić information content (AvgIpc) is 2.93. The molecule has 0 fully saturated rings. The summed E-state index contributed by atoms with van der Waals surface area (Å²) >= 11 is 0. The van der Waals surface area contributed by atoms with Gasteiger partial charge in [-0.25, -0.2) is 0 Å². The third kappa shape index (κ3) is 33.1. The zero-order chi connectivity index (χ0) is 27.6. The predicted octanol–water partition coefficient (Wildman–Crippen LogP) is 0.360. The van der Waals surface area contributed by atoms with E-state index >= 15 is 0 Å². The van der Waals surface area contributed by atoms with E-state index in [1.54, 1.807) is 0 Å². The van der Waals surface area contributed by atoms with Crippen molar-refractivity contribution >= 4 is 0 Å². The Labute approximate surface area is 229 Å². The molecule has 0 aromatic heterocycles. The lowest BCUT2D eigenvalue weighted by Crippen LogP contribution is -2.21. The maximum Gasteiger partial charge on any atom is 0.0821 e. The highest BCUT2D eigenvalue weighted by atomic mass is 16.6. The van der Waals surface area contributed by atoms with Crippen molar-refractivity contribution in [3.05, 3.63) is 12.3 Å². The molecule has 0 aliphatic heterocycles. The lowest BCUT2D eigenvalue weighted by Gasteiger charge is -2.09. The number of hydrogen-bond donors (Lipinski definition) is 3. The summed E-state index contributed by atoms with van der Waals surface area (Å²) in [5, 5.41) is 11.7. The van der Waals surface area contributed by atoms with Gasteiger partial charge in [-0.05, 0) is 19.3 Å². The van der Waals surface area contributed by atoms with Gasteiger partial charge >= 0.3 is 0 Å². The molecule has 0 unspecified atom stereocenters. The van der Waals surface area contributed by atoms with Crippen LogP contribution in [0.15, 0.2) is 12.3 Å². The van der Waals surface area contributed by atoms with Crippen LogP contribution in [0.4, 0.5) is 0 Å². The number of aliphatic hydroxyl groups excluding tert-OH is 1. The van der Waals surface area contributed by atoms with E-state index in [0.29, 0.717) is 124 Å². The van der Waals surface area contributed by atoms with Gasteiger partial charge in [-0.2, -0.15) is 0 Å². The highest BCUT2D eigenvalue weighted by molar-refractivity contribution is 4.89. The summed E-state index contributed by atoms with van der Waals surface area (Å²) < 4.78 is 48.9. The summed E-state index contributed by atoms with van der Waals surface area (Å²) in [6.45, 7) is 15.0. The SMILES string of the molecule is C=C(CO)NCCOCCOCCOCCCCCOCCOCCOCCOCCOCCOCCN. The zero-order valence-corrected chi connectivity index (χ0v) is 23.4. The summed E-state index contributed by atoms with van der Waals surface area (Å²) in [5.41, 5.74) is 5.92. The lowest BCUT2D eigenvalue weighted by atomic mass is 10.2. The number of aliphatic hydroxyl groups is 1. The van der Waals surface area contributed by atoms with Crippen LogP contribution in [0.25, 0.3) is 0 Å². The van der Waals surface area contributed by atoms with Crippen LogP contribution in [0.3, 0.4) is 0 Å². The van der Waals surface area contributed by atoms with Gasteiger partial charge in [0.05, 0.1) is 112 Å². The fourth-order valence-corrected chi connectivity index (χ4v) is 2.77. The minimum Gasteiger partial charge on any atom is -0.390 e. The third-order valence-corrected chi connectivity index (χ3v) is 4.76. The Bertz CT molecular complexity index is 464. The maximum atomic E-state index is 8.79. The molecule has 0 bridgehead atoms. The Hall–Kier alpha value is -0.900. The first-order valence-electron chi connectivity index (χ1n) is 13.7. The molecule has 0 amide bonds. The number of rotatable bonds is 34. The van der Waals surface area contributed by atoms with E-state index in [9.17, 15) is 0 Å². The summed E-state index contributed by atoms with van der Waals surface area (Å²) in [4.78, 5) is 0. The molecule has 0 saturated heterocycles. The Morgan fingerprint density at radius 1 is 0.474 bits per heavy atom. The van der Waals surface area contributed by atoms with E-state index in [2.05, 4.69) is 11.9 Å². The first kappa shape index (κ1) is 37.1. The molecular weight excluding hydrogens is 500 g/mol. The van der Waals surface area contributed by atoms with Crippen LogP contribution < -0.4 is 11.1 Å². The van der Waals surface area contributed by atoms with Crippen LogP contribution in [0.2, 0.25) is 0 Å². The van der Waals surface area contributed by atoms with Crippen LogP contribution in [0.5, 0.6) is 0 Å². The van der Waals surface area contributed by atoms with Crippen molar-refractivity contribution in [3.63, 3.8) is 0 Å². The Morgan fingerprint density at radius 2 is 0.789 bits per heavy atom. The molecule has 4 N–H and O–H groups in total. The molecular formula is C26H54N2O10. The second kappa shape index (κ2) is 34.1. The van der Waals surface area contributed by atoms with Gasteiger partial charge < -0.3 is 58.8 Å². The van der Waals surface area contributed by atoms with Gasteiger partial charge in [0.15, 0.2) is 0 Å². The zero-order valence-electron chi connectivity index (χ0n) is 23.4. The molecule has 0 aromatic rings. The predicted molar refractivity (Wildman–Crippen MR) is 145 cm³/mol. The molecule has 12 heteroatoms. The molecule has 0 heterocycles. The molecule has 0 spiro atoms. The Balaban J connectivity index is 3.03. The first-order valence-corrected chi connectivity index (χ1v) is 13.7. The van der Waals surface area contributed by atoms with Crippen molar-refractivity contribution in [2.24, 2.45) is 5.73 Å². The minimum absolute atomic E-state index is 0.0615. The van der Waals surface area contributed by atoms with Gasteiger partial charge in [0.25, 0.3) is 0 Å². The van der Waals surface area contributed by atoms with Crippen molar-refractivity contribution in [1.29, 1.82) is 0 Å². The molecule has 228 valence electrons. The normalized spacial score (nSPS) is 11.3. The topological polar surface area (TPSA) is 141 Å². The minimum atomic E-state index is -0.0615. The average molecular weight is 555 g/mol. The van der Waals surface area contributed by atoms with E-state index in [4.69, 9.17) is 53.5 Å². The Kier molecular flexibility index (Phi) is 33.3. The molecule has 0 aliphatic carbocycles. The van der Waals surface area contributed by atoms with E-state index in [0.717, 1.165) is 32.5 Å². The number of unbranched alkanes of at least 4 members (excludes halogenated alkanes) is 2. The van der Waals surface area contributed by atoms with E-state index < -0.39 is 0 Å². The van der Waals surface area contributed by atoms with E-state index in [-0.39, 0.29) is 6.61 Å². The molecule has 0 radical (unpaired) electrons. The van der Waals surface area contributed by atoms with Crippen molar-refractivity contribution < 1.29 is 47.7 Å². The number of hydrogen-bond acceptors (Lipinski definition) is 12. The fraction of sp³-hybridized carbons (Fsp3) is 0.923. The Morgan fingerprint density at radius 3 is 1.13 bits per heavy atom. The number of nitrogens with two attached hydrogens (primary N) is 1. The maximum absolute atomic E-state index is 8.79. The van der Waals surface area contributed by atoms with Gasteiger partial charge in [0, 0.05) is 32.0 Å². The lowest BCUT2D eigenvalue weighted by molar-refractivity contribution is -0.0166. The molecule has 38 heavy (non-hydrogen) atoms. The molecule has 0 rings (SSSR count). The van der Waals surface area contributed by atoms with Crippen LogP contribution in [0, 0.1) is 0 Å². The van der Waals surface area contributed by atoms with Crippen molar-refractivity contribution in [2.45, 2.75) is 19.3 Å².